The van der Waals surface area contributed by atoms with Crippen molar-refractivity contribution in [3.63, 3.8) is 0 Å². The summed E-state index contributed by atoms with van der Waals surface area (Å²) in [5.74, 6) is 0.0663. The van der Waals surface area contributed by atoms with E-state index < -0.39 is 10.0 Å². The topological polar surface area (TPSA) is 66.5 Å². The number of carbonyl (C=O) groups is 1. The largest absolute Gasteiger partial charge is 0.342 e. The Bertz CT molecular complexity index is 926. The second-order valence-electron chi connectivity index (χ2n) is 6.29. The number of anilines is 1. The molecule has 138 valence electrons. The molecule has 0 heterocycles. The molecule has 0 aromatic heterocycles. The lowest BCUT2D eigenvalue weighted by Gasteiger charge is -2.16. The molecule has 0 atom stereocenters. The Morgan fingerprint density at radius 2 is 1.77 bits per heavy atom. The van der Waals surface area contributed by atoms with Crippen molar-refractivity contribution in [3.8, 4) is 0 Å². The summed E-state index contributed by atoms with van der Waals surface area (Å²) in [4.78, 5) is 13.9. The summed E-state index contributed by atoms with van der Waals surface area (Å²) in [5.41, 5.74) is 1.24. The van der Waals surface area contributed by atoms with Gasteiger partial charge in [0.1, 0.15) is 0 Å². The maximum Gasteiger partial charge on any atom is 0.261 e. The SMILES string of the molecule is CN(C(=O)Cc1ccc(NS(=O)(=O)c2ccc(Cl)c(Cl)c2)cc1)C1CC1. The fourth-order valence-corrected chi connectivity index (χ4v) is 3.96. The van der Waals surface area contributed by atoms with E-state index in [-0.39, 0.29) is 20.8 Å². The second-order valence-corrected chi connectivity index (χ2v) is 8.79. The van der Waals surface area contributed by atoms with Crippen LogP contribution in [-0.2, 0) is 21.2 Å². The van der Waals surface area contributed by atoms with E-state index in [4.69, 9.17) is 23.2 Å². The van der Waals surface area contributed by atoms with Crippen molar-refractivity contribution in [2.24, 2.45) is 0 Å². The van der Waals surface area contributed by atoms with E-state index in [0.717, 1.165) is 18.4 Å². The highest BCUT2D eigenvalue weighted by molar-refractivity contribution is 7.92. The van der Waals surface area contributed by atoms with E-state index in [9.17, 15) is 13.2 Å². The normalized spacial score (nSPS) is 14.1. The zero-order valence-corrected chi connectivity index (χ0v) is 16.4. The van der Waals surface area contributed by atoms with E-state index in [0.29, 0.717) is 18.2 Å². The summed E-state index contributed by atoms with van der Waals surface area (Å²) >= 11 is 11.7. The van der Waals surface area contributed by atoms with Gasteiger partial charge in [-0.05, 0) is 48.7 Å². The van der Waals surface area contributed by atoms with Crippen LogP contribution in [0.1, 0.15) is 18.4 Å². The number of nitrogens with one attached hydrogen (secondary N) is 1. The van der Waals surface area contributed by atoms with E-state index in [1.807, 2.05) is 7.05 Å². The number of halogens is 2. The monoisotopic (exact) mass is 412 g/mol. The van der Waals surface area contributed by atoms with Gasteiger partial charge in [-0.3, -0.25) is 9.52 Å². The Labute approximate surface area is 163 Å². The summed E-state index contributed by atoms with van der Waals surface area (Å²) < 4.78 is 27.3. The van der Waals surface area contributed by atoms with E-state index in [2.05, 4.69) is 4.72 Å². The second kappa shape index (κ2) is 7.47. The predicted octanol–water partition coefficient (Wildman–Crippen LogP) is 3.96. The van der Waals surface area contributed by atoms with Crippen molar-refractivity contribution >= 4 is 44.8 Å². The van der Waals surface area contributed by atoms with Gasteiger partial charge in [0, 0.05) is 18.8 Å². The van der Waals surface area contributed by atoms with Crippen molar-refractivity contribution in [1.29, 1.82) is 0 Å². The average Bonchev–Trinajstić information content (AvgIpc) is 3.43. The minimum atomic E-state index is -3.77. The number of nitrogens with zero attached hydrogens (tertiary/aromatic N) is 1. The van der Waals surface area contributed by atoms with Crippen LogP contribution in [0.25, 0.3) is 0 Å². The van der Waals surface area contributed by atoms with Crippen molar-refractivity contribution in [2.45, 2.75) is 30.2 Å². The minimum absolute atomic E-state index is 0.0252. The quantitative estimate of drug-likeness (QED) is 0.780. The molecule has 1 saturated carbocycles. The highest BCUT2D eigenvalue weighted by Crippen LogP contribution is 2.27. The number of benzene rings is 2. The molecule has 0 unspecified atom stereocenters. The van der Waals surface area contributed by atoms with Crippen LogP contribution in [-0.4, -0.2) is 32.3 Å². The van der Waals surface area contributed by atoms with Crippen LogP contribution in [0.5, 0.6) is 0 Å². The van der Waals surface area contributed by atoms with Gasteiger partial charge < -0.3 is 4.90 Å². The van der Waals surface area contributed by atoms with Gasteiger partial charge in [0.2, 0.25) is 5.91 Å². The first-order chi connectivity index (χ1) is 12.3. The molecule has 2 aromatic carbocycles. The van der Waals surface area contributed by atoms with Gasteiger partial charge in [-0.2, -0.15) is 0 Å². The Morgan fingerprint density at radius 1 is 1.12 bits per heavy atom. The first kappa shape index (κ1) is 19.0. The van der Waals surface area contributed by atoms with Gasteiger partial charge in [-0.15, -0.1) is 0 Å². The number of rotatable bonds is 6. The summed E-state index contributed by atoms with van der Waals surface area (Å²) in [6.07, 6.45) is 2.43. The number of amides is 1. The van der Waals surface area contributed by atoms with Gasteiger partial charge >= 0.3 is 0 Å². The molecule has 0 aliphatic heterocycles. The van der Waals surface area contributed by atoms with E-state index in [1.165, 1.54) is 18.2 Å². The molecular formula is C18H18Cl2N2O3S. The molecule has 5 nitrogen and oxygen atoms in total. The molecule has 1 N–H and O–H groups in total. The van der Waals surface area contributed by atoms with Crippen molar-refractivity contribution in [1.82, 2.24) is 4.90 Å². The highest BCUT2D eigenvalue weighted by atomic mass is 35.5. The highest BCUT2D eigenvalue weighted by Gasteiger charge is 2.29. The molecule has 8 heteroatoms. The van der Waals surface area contributed by atoms with Crippen LogP contribution in [0.3, 0.4) is 0 Å². The molecule has 0 radical (unpaired) electrons. The van der Waals surface area contributed by atoms with Crippen molar-refractivity contribution in [3.05, 3.63) is 58.1 Å². The maximum atomic E-state index is 12.4. The molecular weight excluding hydrogens is 395 g/mol. The Kier molecular flexibility index (Phi) is 5.46. The van der Waals surface area contributed by atoms with Crippen LogP contribution in [0.4, 0.5) is 5.69 Å². The fourth-order valence-electron chi connectivity index (χ4n) is 2.51. The van der Waals surface area contributed by atoms with Crippen molar-refractivity contribution in [2.75, 3.05) is 11.8 Å². The molecule has 26 heavy (non-hydrogen) atoms. The van der Waals surface area contributed by atoms with Crippen molar-refractivity contribution < 1.29 is 13.2 Å². The van der Waals surface area contributed by atoms with Crippen LogP contribution >= 0.6 is 23.2 Å². The lowest BCUT2D eigenvalue weighted by atomic mass is 10.1. The zero-order chi connectivity index (χ0) is 18.9. The smallest absolute Gasteiger partial charge is 0.261 e. The Hall–Kier alpha value is -1.76. The minimum Gasteiger partial charge on any atom is -0.342 e. The predicted molar refractivity (Wildman–Crippen MR) is 103 cm³/mol. The maximum absolute atomic E-state index is 12.4. The van der Waals surface area contributed by atoms with Gasteiger partial charge in [-0.1, -0.05) is 35.3 Å². The lowest BCUT2D eigenvalue weighted by molar-refractivity contribution is -0.129. The first-order valence-electron chi connectivity index (χ1n) is 8.09. The number of hydrogen-bond donors (Lipinski definition) is 1. The van der Waals surface area contributed by atoms with Gasteiger partial charge in [-0.25, -0.2) is 8.42 Å². The third-order valence-corrected chi connectivity index (χ3v) is 6.37. The standard InChI is InChI=1S/C18H18Cl2N2O3S/c1-22(14-6-7-14)18(23)10-12-2-4-13(5-3-12)21-26(24,25)15-8-9-16(19)17(20)11-15/h2-5,8-9,11,14,21H,6-7,10H2,1H3. The van der Waals surface area contributed by atoms with Crippen LogP contribution in [0.15, 0.2) is 47.4 Å². The molecule has 1 aliphatic carbocycles. The van der Waals surface area contributed by atoms with E-state index in [1.54, 1.807) is 29.2 Å². The third kappa shape index (κ3) is 4.50. The molecule has 2 aromatic rings. The lowest BCUT2D eigenvalue weighted by Crippen LogP contribution is -2.30. The van der Waals surface area contributed by atoms with E-state index >= 15 is 0 Å². The van der Waals surface area contributed by atoms with Gasteiger partial charge in [0.25, 0.3) is 10.0 Å². The van der Waals surface area contributed by atoms with Crippen LogP contribution < -0.4 is 4.72 Å². The zero-order valence-electron chi connectivity index (χ0n) is 14.1. The Balaban J connectivity index is 1.68. The van der Waals surface area contributed by atoms with Crippen LogP contribution in [0, 0.1) is 0 Å². The van der Waals surface area contributed by atoms with Gasteiger partial charge in [0.05, 0.1) is 21.4 Å². The summed E-state index contributed by atoms with van der Waals surface area (Å²) in [7, 11) is -1.95. The first-order valence-corrected chi connectivity index (χ1v) is 10.3. The number of hydrogen-bond acceptors (Lipinski definition) is 3. The summed E-state index contributed by atoms with van der Waals surface area (Å²) in [6.45, 7) is 0. The molecule has 0 saturated heterocycles. The summed E-state index contributed by atoms with van der Waals surface area (Å²) in [6, 6.07) is 11.2. The molecule has 1 aliphatic rings. The molecule has 3 rings (SSSR count). The number of carbonyl (C=O) groups excluding carboxylic acids is 1. The fraction of sp³-hybridized carbons (Fsp3) is 0.278. The van der Waals surface area contributed by atoms with Crippen LogP contribution in [0.2, 0.25) is 10.0 Å². The van der Waals surface area contributed by atoms with Gasteiger partial charge in [0.15, 0.2) is 0 Å². The third-order valence-electron chi connectivity index (χ3n) is 4.25. The molecule has 1 fully saturated rings. The average molecular weight is 413 g/mol. The summed E-state index contributed by atoms with van der Waals surface area (Å²) in [5, 5.41) is 0.457. The molecule has 0 spiro atoms. The molecule has 1 amide bonds. The molecule has 0 bridgehead atoms. The number of sulfonamides is 1. The Morgan fingerprint density at radius 3 is 2.35 bits per heavy atom. The number of likely N-dealkylation sites (N-methyl/N-ethyl adjacent to an activating group) is 1.